The summed E-state index contributed by atoms with van der Waals surface area (Å²) in [6, 6.07) is 7.51. The minimum Gasteiger partial charge on any atom is -0.490 e. The zero-order valence-electron chi connectivity index (χ0n) is 13.8. The average Bonchev–Trinajstić information content (AvgIpc) is 3.12. The molecule has 0 aliphatic carbocycles. The van der Waals surface area contributed by atoms with E-state index in [1.807, 2.05) is 24.3 Å². The van der Waals surface area contributed by atoms with Crippen LogP contribution in [-0.2, 0) is 9.53 Å². The fourth-order valence-electron chi connectivity index (χ4n) is 2.98. The maximum atomic E-state index is 11.5. The first-order chi connectivity index (χ1) is 12.7. The van der Waals surface area contributed by atoms with Gasteiger partial charge in [0.25, 0.3) is 0 Å². The molecule has 2 atom stereocenters. The first kappa shape index (κ1) is 16.9. The number of pyridine rings is 1. The van der Waals surface area contributed by atoms with Crippen molar-refractivity contribution in [2.45, 2.75) is 6.10 Å². The number of fused-ring (bicyclic) bond motifs is 1. The highest BCUT2D eigenvalue weighted by atomic mass is 32.1. The van der Waals surface area contributed by atoms with Crippen LogP contribution in [-0.4, -0.2) is 40.8 Å². The zero-order chi connectivity index (χ0) is 18.1. The number of benzene rings is 1. The Morgan fingerprint density at radius 3 is 2.96 bits per heavy atom. The molecule has 2 aromatic heterocycles. The molecule has 1 aromatic carbocycles. The Bertz CT molecular complexity index is 945. The second kappa shape index (κ2) is 6.99. The van der Waals surface area contributed by atoms with Crippen molar-refractivity contribution < 1.29 is 19.4 Å². The molecule has 0 bridgehead atoms. The third-order valence-electron chi connectivity index (χ3n) is 4.34. The van der Waals surface area contributed by atoms with Crippen LogP contribution in [0, 0.1) is 5.92 Å². The van der Waals surface area contributed by atoms with E-state index in [4.69, 9.17) is 20.3 Å². The molecular formula is C18H17N3O4S. The smallest absolute Gasteiger partial charge is 0.225 e. The SMILES string of the molecule is NC(=O)C1COC1c1ccc2nc(-c3cncs3)cc(OCCO)c2c1. The van der Waals surface area contributed by atoms with Gasteiger partial charge in [0.05, 0.1) is 46.8 Å². The number of hydrogen-bond donors (Lipinski definition) is 2. The molecule has 26 heavy (non-hydrogen) atoms. The third kappa shape index (κ3) is 3.03. The van der Waals surface area contributed by atoms with Crippen molar-refractivity contribution in [2.75, 3.05) is 19.8 Å². The number of aliphatic hydroxyl groups is 1. The van der Waals surface area contributed by atoms with Crippen molar-refractivity contribution in [3.8, 4) is 16.3 Å². The van der Waals surface area contributed by atoms with Gasteiger partial charge in [-0.15, -0.1) is 11.3 Å². The fraction of sp³-hybridized carbons (Fsp3) is 0.278. The van der Waals surface area contributed by atoms with Gasteiger partial charge in [0.1, 0.15) is 12.4 Å². The summed E-state index contributed by atoms with van der Waals surface area (Å²) in [6.45, 7) is 0.429. The summed E-state index contributed by atoms with van der Waals surface area (Å²) in [6.07, 6.45) is 1.41. The predicted molar refractivity (Wildman–Crippen MR) is 96.8 cm³/mol. The lowest BCUT2D eigenvalue weighted by molar-refractivity contribution is -0.154. The summed E-state index contributed by atoms with van der Waals surface area (Å²) in [7, 11) is 0. The van der Waals surface area contributed by atoms with Crippen molar-refractivity contribution in [3.05, 3.63) is 41.5 Å². The van der Waals surface area contributed by atoms with Crippen LogP contribution in [0.1, 0.15) is 11.7 Å². The van der Waals surface area contributed by atoms with E-state index in [2.05, 4.69) is 9.97 Å². The van der Waals surface area contributed by atoms with Gasteiger partial charge in [-0.25, -0.2) is 4.98 Å². The summed E-state index contributed by atoms with van der Waals surface area (Å²) in [5.41, 5.74) is 9.53. The Labute approximate surface area is 153 Å². The fourth-order valence-corrected chi connectivity index (χ4v) is 3.56. The van der Waals surface area contributed by atoms with Crippen molar-refractivity contribution in [1.82, 2.24) is 9.97 Å². The van der Waals surface area contributed by atoms with Gasteiger partial charge in [0.2, 0.25) is 5.91 Å². The quantitative estimate of drug-likeness (QED) is 0.685. The van der Waals surface area contributed by atoms with Gasteiger partial charge in [-0.2, -0.15) is 0 Å². The van der Waals surface area contributed by atoms with Crippen LogP contribution in [0.25, 0.3) is 21.5 Å². The second-order valence-electron chi connectivity index (χ2n) is 5.98. The molecule has 2 unspecified atom stereocenters. The van der Waals surface area contributed by atoms with Crippen LogP contribution in [0.2, 0.25) is 0 Å². The number of nitrogens with zero attached hydrogens (tertiary/aromatic N) is 2. The molecular weight excluding hydrogens is 354 g/mol. The van der Waals surface area contributed by atoms with E-state index < -0.39 is 0 Å². The lowest BCUT2D eigenvalue weighted by Crippen LogP contribution is -2.42. The van der Waals surface area contributed by atoms with E-state index in [-0.39, 0.29) is 31.1 Å². The van der Waals surface area contributed by atoms with E-state index in [1.54, 1.807) is 11.7 Å². The summed E-state index contributed by atoms with van der Waals surface area (Å²) < 4.78 is 11.3. The molecule has 1 amide bonds. The lowest BCUT2D eigenvalue weighted by atomic mass is 9.90. The van der Waals surface area contributed by atoms with E-state index in [1.165, 1.54) is 11.3 Å². The first-order valence-electron chi connectivity index (χ1n) is 8.15. The molecule has 0 saturated carbocycles. The summed E-state index contributed by atoms with van der Waals surface area (Å²) in [4.78, 5) is 21.2. The van der Waals surface area contributed by atoms with Crippen LogP contribution in [0.15, 0.2) is 36.0 Å². The number of nitrogens with two attached hydrogens (primary N) is 1. The van der Waals surface area contributed by atoms with Crippen molar-refractivity contribution in [2.24, 2.45) is 11.7 Å². The zero-order valence-corrected chi connectivity index (χ0v) is 14.6. The molecule has 8 heteroatoms. The number of hydrogen-bond acceptors (Lipinski definition) is 7. The normalized spacial score (nSPS) is 19.3. The number of aromatic nitrogens is 2. The number of aliphatic hydroxyl groups excluding tert-OH is 1. The molecule has 1 fully saturated rings. The highest BCUT2D eigenvalue weighted by Gasteiger charge is 2.37. The number of carbonyl (C=O) groups is 1. The minimum atomic E-state index is -0.364. The number of thiazole rings is 1. The largest absolute Gasteiger partial charge is 0.490 e. The van der Waals surface area contributed by atoms with Gasteiger partial charge in [-0.05, 0) is 17.7 Å². The van der Waals surface area contributed by atoms with Crippen LogP contribution in [0.4, 0.5) is 0 Å². The standard InChI is InChI=1S/C18H17N3O4S/c19-18(23)12-8-25-17(12)10-1-2-13-11(5-10)15(24-4-3-22)6-14(21-13)16-7-20-9-26-16/h1-2,5-7,9,12,17,22H,3-4,8H2,(H2,19,23). The van der Waals surface area contributed by atoms with Gasteiger partial charge < -0.3 is 20.3 Å². The molecule has 0 spiro atoms. The molecule has 4 rings (SSSR count). The Morgan fingerprint density at radius 2 is 2.31 bits per heavy atom. The van der Waals surface area contributed by atoms with Gasteiger partial charge >= 0.3 is 0 Å². The highest BCUT2D eigenvalue weighted by Crippen LogP contribution is 2.38. The summed E-state index contributed by atoms with van der Waals surface area (Å²) >= 11 is 1.49. The lowest BCUT2D eigenvalue weighted by Gasteiger charge is -2.35. The molecule has 3 N–H and O–H groups in total. The molecule has 1 aliphatic rings. The number of carbonyl (C=O) groups excluding carboxylic acids is 1. The first-order valence-corrected chi connectivity index (χ1v) is 9.03. The van der Waals surface area contributed by atoms with E-state index in [9.17, 15) is 4.79 Å². The van der Waals surface area contributed by atoms with Gasteiger partial charge in [-0.3, -0.25) is 9.78 Å². The average molecular weight is 371 g/mol. The number of ether oxygens (including phenoxy) is 2. The third-order valence-corrected chi connectivity index (χ3v) is 5.14. The molecule has 3 aromatic rings. The van der Waals surface area contributed by atoms with E-state index >= 15 is 0 Å². The number of amides is 1. The van der Waals surface area contributed by atoms with Crippen molar-refractivity contribution >= 4 is 28.1 Å². The Kier molecular flexibility index (Phi) is 4.54. The maximum Gasteiger partial charge on any atom is 0.225 e. The van der Waals surface area contributed by atoms with Crippen molar-refractivity contribution in [1.29, 1.82) is 0 Å². The van der Waals surface area contributed by atoms with Gasteiger partial charge in [0, 0.05) is 17.6 Å². The van der Waals surface area contributed by atoms with Crippen LogP contribution in [0.5, 0.6) is 5.75 Å². The predicted octanol–water partition coefficient (Wildman–Crippen LogP) is 1.90. The molecule has 3 heterocycles. The summed E-state index contributed by atoms with van der Waals surface area (Å²) in [5, 5.41) is 9.91. The number of rotatable bonds is 6. The monoisotopic (exact) mass is 371 g/mol. The molecule has 0 radical (unpaired) electrons. The molecule has 1 aliphatic heterocycles. The van der Waals surface area contributed by atoms with Crippen molar-refractivity contribution in [3.63, 3.8) is 0 Å². The van der Waals surface area contributed by atoms with E-state index in [0.717, 1.165) is 27.0 Å². The second-order valence-corrected chi connectivity index (χ2v) is 6.87. The van der Waals surface area contributed by atoms with E-state index in [0.29, 0.717) is 12.4 Å². The summed E-state index contributed by atoms with van der Waals surface area (Å²) in [5.74, 6) is -0.0697. The molecule has 1 saturated heterocycles. The Morgan fingerprint density at radius 1 is 1.42 bits per heavy atom. The Hall–Kier alpha value is -2.55. The molecule has 134 valence electrons. The van der Waals surface area contributed by atoms with Gasteiger partial charge in [-0.1, -0.05) is 6.07 Å². The number of primary amides is 1. The van der Waals surface area contributed by atoms with Crippen LogP contribution in [0.3, 0.4) is 0 Å². The topological polar surface area (TPSA) is 108 Å². The molecule has 7 nitrogen and oxygen atoms in total. The van der Waals surface area contributed by atoms with Gasteiger partial charge in [0.15, 0.2) is 0 Å². The highest BCUT2D eigenvalue weighted by molar-refractivity contribution is 7.13. The van der Waals surface area contributed by atoms with Crippen LogP contribution < -0.4 is 10.5 Å². The maximum absolute atomic E-state index is 11.5. The van der Waals surface area contributed by atoms with Crippen LogP contribution >= 0.6 is 11.3 Å². The minimum absolute atomic E-state index is 0.0884. The Balaban J connectivity index is 1.78.